The van der Waals surface area contributed by atoms with Crippen molar-refractivity contribution in [3.63, 3.8) is 0 Å². The second kappa shape index (κ2) is 9.26. The average molecular weight is 381 g/mol. The molecule has 6 heteroatoms. The Bertz CT molecular complexity index is 802. The minimum atomic E-state index is -0.0927. The maximum Gasteiger partial charge on any atom is 0.242 e. The molecule has 6 nitrogen and oxygen atoms in total. The van der Waals surface area contributed by atoms with Gasteiger partial charge in [-0.1, -0.05) is 42.5 Å². The summed E-state index contributed by atoms with van der Waals surface area (Å²) in [7, 11) is 1.67. The normalized spacial score (nSPS) is 13.9. The van der Waals surface area contributed by atoms with Gasteiger partial charge in [0.1, 0.15) is 12.3 Å². The molecule has 0 bridgehead atoms. The molecule has 3 rings (SSSR count). The number of rotatable bonds is 6. The number of nitrogens with zero attached hydrogens (tertiary/aromatic N) is 3. The summed E-state index contributed by atoms with van der Waals surface area (Å²) < 4.78 is 5.44. The Kier molecular flexibility index (Phi) is 6.53. The van der Waals surface area contributed by atoms with Crippen LogP contribution in [0.15, 0.2) is 54.6 Å². The van der Waals surface area contributed by atoms with Gasteiger partial charge >= 0.3 is 0 Å². The van der Waals surface area contributed by atoms with Crippen LogP contribution < -0.4 is 9.64 Å². The fourth-order valence-corrected chi connectivity index (χ4v) is 3.43. The minimum absolute atomic E-state index is 0.00851. The molecule has 0 spiro atoms. The highest BCUT2D eigenvalue weighted by Gasteiger charge is 2.25. The number of para-hydroxylation sites is 2. The maximum absolute atomic E-state index is 12.8. The molecule has 0 aliphatic carbocycles. The van der Waals surface area contributed by atoms with Gasteiger partial charge in [-0.15, -0.1) is 0 Å². The summed E-state index contributed by atoms with van der Waals surface area (Å²) in [6.07, 6.45) is 0. The number of carbonyl (C=O) groups excluding carboxylic acids is 2. The Morgan fingerprint density at radius 3 is 2.25 bits per heavy atom. The van der Waals surface area contributed by atoms with E-state index in [0.717, 1.165) is 30.1 Å². The third-order valence-electron chi connectivity index (χ3n) is 5.05. The molecule has 0 radical (unpaired) electrons. The molecule has 1 heterocycles. The molecule has 28 heavy (non-hydrogen) atoms. The van der Waals surface area contributed by atoms with Crippen LogP contribution in [0.3, 0.4) is 0 Å². The van der Waals surface area contributed by atoms with Crippen molar-refractivity contribution in [2.24, 2.45) is 0 Å². The van der Waals surface area contributed by atoms with Crippen LogP contribution in [0.4, 0.5) is 5.69 Å². The van der Waals surface area contributed by atoms with Gasteiger partial charge in [0.2, 0.25) is 11.8 Å². The fourth-order valence-electron chi connectivity index (χ4n) is 3.43. The highest BCUT2D eigenvalue weighted by molar-refractivity contribution is 5.84. The first-order valence-corrected chi connectivity index (χ1v) is 9.53. The van der Waals surface area contributed by atoms with Crippen LogP contribution >= 0.6 is 0 Å². The molecule has 0 atom stereocenters. The zero-order valence-electron chi connectivity index (χ0n) is 16.5. The Morgan fingerprint density at radius 2 is 1.61 bits per heavy atom. The molecule has 1 fully saturated rings. The standard InChI is InChI=1S/C22H27N3O3/c1-18(26)25(16-19-8-4-3-5-9-19)17-22(27)24-14-12-23(13-15-24)20-10-6-7-11-21(20)28-2/h3-11H,12-17H2,1-2H3. The van der Waals surface area contributed by atoms with Crippen molar-refractivity contribution in [1.29, 1.82) is 0 Å². The number of benzene rings is 2. The van der Waals surface area contributed by atoms with Crippen LogP contribution in [-0.2, 0) is 16.1 Å². The number of ether oxygens (including phenoxy) is 1. The highest BCUT2D eigenvalue weighted by atomic mass is 16.5. The molecule has 0 saturated carbocycles. The number of methoxy groups -OCH3 is 1. The smallest absolute Gasteiger partial charge is 0.242 e. The molecule has 1 saturated heterocycles. The SMILES string of the molecule is COc1ccccc1N1CCN(C(=O)CN(Cc2ccccc2)C(C)=O)CC1. The predicted molar refractivity (Wildman–Crippen MR) is 109 cm³/mol. The number of carbonyl (C=O) groups is 2. The molecular formula is C22H27N3O3. The third kappa shape index (κ3) is 4.82. The largest absolute Gasteiger partial charge is 0.495 e. The Labute approximate surface area is 166 Å². The van der Waals surface area contributed by atoms with Crippen LogP contribution in [0, 0.1) is 0 Å². The number of piperazine rings is 1. The lowest BCUT2D eigenvalue weighted by Crippen LogP contribution is -2.51. The lowest BCUT2D eigenvalue weighted by molar-refractivity contribution is -0.140. The monoisotopic (exact) mass is 381 g/mol. The second-order valence-electron chi connectivity index (χ2n) is 6.90. The summed E-state index contributed by atoms with van der Waals surface area (Å²) in [6.45, 7) is 4.81. The van der Waals surface area contributed by atoms with Gasteiger partial charge in [0, 0.05) is 39.6 Å². The van der Waals surface area contributed by atoms with Crippen molar-refractivity contribution in [2.45, 2.75) is 13.5 Å². The van der Waals surface area contributed by atoms with E-state index in [2.05, 4.69) is 4.90 Å². The topological polar surface area (TPSA) is 53.1 Å². The molecule has 2 aromatic carbocycles. The first-order chi connectivity index (χ1) is 13.6. The van der Waals surface area contributed by atoms with Gasteiger partial charge in [-0.2, -0.15) is 0 Å². The molecule has 2 amide bonds. The Morgan fingerprint density at radius 1 is 0.964 bits per heavy atom. The van der Waals surface area contributed by atoms with Gasteiger partial charge in [-0.05, 0) is 17.7 Å². The summed E-state index contributed by atoms with van der Waals surface area (Å²) >= 11 is 0. The van der Waals surface area contributed by atoms with E-state index in [9.17, 15) is 9.59 Å². The zero-order chi connectivity index (χ0) is 19.9. The van der Waals surface area contributed by atoms with E-state index < -0.39 is 0 Å². The fraction of sp³-hybridized carbons (Fsp3) is 0.364. The van der Waals surface area contributed by atoms with Crippen molar-refractivity contribution in [3.05, 3.63) is 60.2 Å². The minimum Gasteiger partial charge on any atom is -0.495 e. The Hall–Kier alpha value is -3.02. The summed E-state index contributed by atoms with van der Waals surface area (Å²) in [5.41, 5.74) is 2.07. The molecule has 0 N–H and O–H groups in total. The van der Waals surface area contributed by atoms with Crippen LogP contribution in [0.5, 0.6) is 5.75 Å². The van der Waals surface area contributed by atoms with E-state index >= 15 is 0 Å². The highest BCUT2D eigenvalue weighted by Crippen LogP contribution is 2.28. The molecule has 0 aromatic heterocycles. The van der Waals surface area contributed by atoms with E-state index in [4.69, 9.17) is 4.74 Å². The molecule has 1 aliphatic rings. The van der Waals surface area contributed by atoms with E-state index in [1.807, 2.05) is 59.5 Å². The van der Waals surface area contributed by atoms with Crippen molar-refractivity contribution >= 4 is 17.5 Å². The van der Waals surface area contributed by atoms with Crippen molar-refractivity contribution in [3.8, 4) is 5.75 Å². The van der Waals surface area contributed by atoms with Crippen molar-refractivity contribution in [1.82, 2.24) is 9.80 Å². The first kappa shape index (κ1) is 19.7. The molecule has 1 aliphatic heterocycles. The summed E-state index contributed by atoms with van der Waals surface area (Å²) in [6, 6.07) is 17.7. The van der Waals surface area contributed by atoms with Gasteiger partial charge in [0.25, 0.3) is 0 Å². The Balaban J connectivity index is 1.57. The number of hydrogen-bond acceptors (Lipinski definition) is 4. The van der Waals surface area contributed by atoms with Gasteiger partial charge in [-0.3, -0.25) is 9.59 Å². The molecule has 2 aromatic rings. The van der Waals surface area contributed by atoms with Crippen LogP contribution in [0.1, 0.15) is 12.5 Å². The van der Waals surface area contributed by atoms with Crippen molar-refractivity contribution in [2.75, 3.05) is 44.7 Å². The molecule has 0 unspecified atom stereocenters. The summed E-state index contributed by atoms with van der Waals surface area (Å²) in [5, 5.41) is 0. The maximum atomic E-state index is 12.8. The number of anilines is 1. The lowest BCUT2D eigenvalue weighted by Gasteiger charge is -2.37. The predicted octanol–water partition coefficient (Wildman–Crippen LogP) is 2.39. The van der Waals surface area contributed by atoms with E-state index in [-0.39, 0.29) is 18.4 Å². The first-order valence-electron chi connectivity index (χ1n) is 9.53. The van der Waals surface area contributed by atoms with Gasteiger partial charge < -0.3 is 19.4 Å². The number of hydrogen-bond donors (Lipinski definition) is 0. The van der Waals surface area contributed by atoms with E-state index in [1.165, 1.54) is 6.92 Å². The second-order valence-corrected chi connectivity index (χ2v) is 6.90. The van der Waals surface area contributed by atoms with E-state index in [1.54, 1.807) is 12.0 Å². The van der Waals surface area contributed by atoms with Crippen molar-refractivity contribution < 1.29 is 14.3 Å². The summed E-state index contributed by atoms with van der Waals surface area (Å²) in [5.74, 6) is 0.739. The quantitative estimate of drug-likeness (QED) is 0.771. The summed E-state index contributed by atoms with van der Waals surface area (Å²) in [4.78, 5) is 30.4. The van der Waals surface area contributed by atoms with Crippen LogP contribution in [-0.4, -0.2) is 61.4 Å². The molecular weight excluding hydrogens is 354 g/mol. The third-order valence-corrected chi connectivity index (χ3v) is 5.05. The van der Waals surface area contributed by atoms with Crippen LogP contribution in [0.25, 0.3) is 0 Å². The van der Waals surface area contributed by atoms with E-state index in [0.29, 0.717) is 19.6 Å². The van der Waals surface area contributed by atoms with Gasteiger partial charge in [0.15, 0.2) is 0 Å². The average Bonchev–Trinajstić information content (AvgIpc) is 2.74. The zero-order valence-corrected chi connectivity index (χ0v) is 16.5. The number of amides is 2. The van der Waals surface area contributed by atoms with Gasteiger partial charge in [-0.25, -0.2) is 0 Å². The van der Waals surface area contributed by atoms with Crippen LogP contribution in [0.2, 0.25) is 0 Å². The van der Waals surface area contributed by atoms with Gasteiger partial charge in [0.05, 0.1) is 12.8 Å². The lowest BCUT2D eigenvalue weighted by atomic mass is 10.2. The molecule has 148 valence electrons.